The Morgan fingerprint density at radius 1 is 1.67 bits per heavy atom. The maximum absolute atomic E-state index is 11.1. The van der Waals surface area contributed by atoms with E-state index < -0.39 is 0 Å². The van der Waals surface area contributed by atoms with E-state index in [-0.39, 0.29) is 24.2 Å². The smallest absolute Gasteiger partial charge is 0.222 e. The van der Waals surface area contributed by atoms with Gasteiger partial charge in [0.1, 0.15) is 0 Å². The van der Waals surface area contributed by atoms with Crippen molar-refractivity contribution in [2.24, 2.45) is 0 Å². The third-order valence-corrected chi connectivity index (χ3v) is 2.69. The summed E-state index contributed by atoms with van der Waals surface area (Å²) in [6.45, 7) is 2.73. The molecule has 68 valence electrons. The van der Waals surface area contributed by atoms with Gasteiger partial charge in [-0.25, -0.2) is 0 Å². The molecule has 2 heterocycles. The van der Waals surface area contributed by atoms with E-state index in [0.717, 1.165) is 0 Å². The highest BCUT2D eigenvalue weighted by Crippen LogP contribution is 2.23. The Morgan fingerprint density at radius 2 is 2.42 bits per heavy atom. The minimum atomic E-state index is -0.268. The molecule has 2 rings (SSSR count). The van der Waals surface area contributed by atoms with Crippen molar-refractivity contribution in [3.63, 3.8) is 0 Å². The summed E-state index contributed by atoms with van der Waals surface area (Å²) in [5, 5.41) is 12.2. The predicted octanol–water partition coefficient (Wildman–Crippen LogP) is -0.712. The quantitative estimate of drug-likeness (QED) is 0.505. The maximum atomic E-state index is 11.1. The molecule has 4 heteroatoms. The van der Waals surface area contributed by atoms with Crippen LogP contribution in [0.4, 0.5) is 0 Å². The van der Waals surface area contributed by atoms with Gasteiger partial charge in [0, 0.05) is 25.4 Å². The van der Waals surface area contributed by atoms with Gasteiger partial charge in [0.2, 0.25) is 5.91 Å². The summed E-state index contributed by atoms with van der Waals surface area (Å²) in [6.07, 6.45) is 1.05. The van der Waals surface area contributed by atoms with Crippen LogP contribution in [0.2, 0.25) is 0 Å². The molecule has 0 aromatic carbocycles. The van der Waals surface area contributed by atoms with E-state index in [1.807, 2.05) is 6.92 Å². The normalized spacial score (nSPS) is 42.5. The second-order valence-corrected chi connectivity index (χ2v) is 3.72. The predicted molar refractivity (Wildman–Crippen MR) is 43.3 cm³/mol. The molecule has 2 aliphatic heterocycles. The number of nitrogens with one attached hydrogen (secondary N) is 1. The molecule has 2 aliphatic rings. The van der Waals surface area contributed by atoms with E-state index in [1.165, 1.54) is 0 Å². The van der Waals surface area contributed by atoms with E-state index in [2.05, 4.69) is 10.2 Å². The molecule has 0 aromatic heterocycles. The third-order valence-electron chi connectivity index (χ3n) is 2.69. The fourth-order valence-electron chi connectivity index (χ4n) is 2.10. The molecule has 0 aliphatic carbocycles. The van der Waals surface area contributed by atoms with Crippen LogP contribution < -0.4 is 5.32 Å². The molecule has 0 spiro atoms. The second kappa shape index (κ2) is 2.71. The van der Waals surface area contributed by atoms with E-state index in [1.54, 1.807) is 0 Å². The SMILES string of the molecule is CC1CC(=O)NC2CC(O)CN12. The molecule has 2 saturated heterocycles. The van der Waals surface area contributed by atoms with Gasteiger partial charge in [-0.15, -0.1) is 0 Å². The number of hydrogen-bond acceptors (Lipinski definition) is 3. The van der Waals surface area contributed by atoms with Gasteiger partial charge in [0.05, 0.1) is 12.3 Å². The van der Waals surface area contributed by atoms with Crippen LogP contribution in [0.5, 0.6) is 0 Å². The molecular weight excluding hydrogens is 156 g/mol. The third kappa shape index (κ3) is 1.21. The molecule has 0 saturated carbocycles. The highest BCUT2D eigenvalue weighted by atomic mass is 16.3. The average molecular weight is 170 g/mol. The van der Waals surface area contributed by atoms with E-state index in [4.69, 9.17) is 0 Å². The Labute approximate surface area is 71.5 Å². The van der Waals surface area contributed by atoms with Crippen LogP contribution in [0.3, 0.4) is 0 Å². The first-order valence-electron chi connectivity index (χ1n) is 4.40. The van der Waals surface area contributed by atoms with Crippen LogP contribution in [0.25, 0.3) is 0 Å². The van der Waals surface area contributed by atoms with Crippen molar-refractivity contribution in [2.45, 2.75) is 38.1 Å². The number of nitrogens with zero attached hydrogens (tertiary/aromatic N) is 1. The minimum absolute atomic E-state index is 0.0799. The van der Waals surface area contributed by atoms with Crippen LogP contribution in [-0.4, -0.2) is 40.8 Å². The molecule has 1 amide bonds. The maximum Gasteiger partial charge on any atom is 0.222 e. The monoisotopic (exact) mass is 170 g/mol. The minimum Gasteiger partial charge on any atom is -0.392 e. The molecule has 3 unspecified atom stereocenters. The molecule has 12 heavy (non-hydrogen) atoms. The molecular formula is C8H14N2O2. The summed E-state index contributed by atoms with van der Waals surface area (Å²) < 4.78 is 0. The zero-order valence-corrected chi connectivity index (χ0v) is 7.16. The number of aliphatic hydroxyl groups is 1. The Balaban J connectivity index is 2.10. The number of carbonyl (C=O) groups excluding carboxylic acids is 1. The topological polar surface area (TPSA) is 52.6 Å². The number of aliphatic hydroxyl groups excluding tert-OH is 1. The number of rotatable bonds is 0. The van der Waals surface area contributed by atoms with Gasteiger partial charge in [0.25, 0.3) is 0 Å². The van der Waals surface area contributed by atoms with Crippen LogP contribution in [0, 0.1) is 0 Å². The van der Waals surface area contributed by atoms with Crippen LogP contribution in [0.1, 0.15) is 19.8 Å². The summed E-state index contributed by atoms with van der Waals surface area (Å²) in [5.74, 6) is 0.109. The van der Waals surface area contributed by atoms with Gasteiger partial charge in [0.15, 0.2) is 0 Å². The van der Waals surface area contributed by atoms with Crippen LogP contribution in [0.15, 0.2) is 0 Å². The van der Waals surface area contributed by atoms with Crippen molar-refractivity contribution in [1.29, 1.82) is 0 Å². The Kier molecular flexibility index (Phi) is 1.81. The van der Waals surface area contributed by atoms with Gasteiger partial charge in [-0.3, -0.25) is 9.69 Å². The van der Waals surface area contributed by atoms with E-state index in [0.29, 0.717) is 19.4 Å². The second-order valence-electron chi connectivity index (χ2n) is 3.72. The Hall–Kier alpha value is -0.610. The highest BCUT2D eigenvalue weighted by Gasteiger charge is 2.38. The molecule has 4 nitrogen and oxygen atoms in total. The molecule has 3 atom stereocenters. The van der Waals surface area contributed by atoms with E-state index in [9.17, 15) is 9.90 Å². The van der Waals surface area contributed by atoms with Gasteiger partial charge in [-0.05, 0) is 6.92 Å². The lowest BCUT2D eigenvalue weighted by Gasteiger charge is -2.35. The zero-order chi connectivity index (χ0) is 8.72. The molecule has 0 aromatic rings. The van der Waals surface area contributed by atoms with Crippen molar-refractivity contribution in [1.82, 2.24) is 10.2 Å². The first kappa shape index (κ1) is 8.01. The largest absolute Gasteiger partial charge is 0.392 e. The van der Waals surface area contributed by atoms with Crippen molar-refractivity contribution in [3.05, 3.63) is 0 Å². The summed E-state index contributed by atoms with van der Waals surface area (Å²) in [6, 6.07) is 0.279. The fourth-order valence-corrected chi connectivity index (χ4v) is 2.10. The zero-order valence-electron chi connectivity index (χ0n) is 7.16. The lowest BCUT2D eigenvalue weighted by atomic mass is 10.1. The molecule has 0 radical (unpaired) electrons. The number of hydrogen-bond donors (Lipinski definition) is 2. The Bertz CT molecular complexity index is 207. The first-order valence-corrected chi connectivity index (χ1v) is 4.40. The summed E-state index contributed by atoms with van der Waals surface area (Å²) in [5.41, 5.74) is 0. The van der Waals surface area contributed by atoms with E-state index >= 15 is 0 Å². The molecule has 0 bridgehead atoms. The van der Waals surface area contributed by atoms with Crippen LogP contribution >= 0.6 is 0 Å². The lowest BCUT2D eigenvalue weighted by molar-refractivity contribution is -0.127. The van der Waals surface area contributed by atoms with Gasteiger partial charge >= 0.3 is 0 Å². The molecule has 2 fully saturated rings. The van der Waals surface area contributed by atoms with Crippen molar-refractivity contribution >= 4 is 5.91 Å². The van der Waals surface area contributed by atoms with Crippen LogP contribution in [-0.2, 0) is 4.79 Å². The lowest BCUT2D eigenvalue weighted by Crippen LogP contribution is -2.54. The van der Waals surface area contributed by atoms with Crippen molar-refractivity contribution < 1.29 is 9.90 Å². The van der Waals surface area contributed by atoms with Crippen molar-refractivity contribution in [3.8, 4) is 0 Å². The van der Waals surface area contributed by atoms with Crippen molar-refractivity contribution in [2.75, 3.05) is 6.54 Å². The summed E-state index contributed by atoms with van der Waals surface area (Å²) >= 11 is 0. The molecule has 2 N–H and O–H groups in total. The summed E-state index contributed by atoms with van der Waals surface area (Å²) in [7, 11) is 0. The van der Waals surface area contributed by atoms with Gasteiger partial charge in [-0.1, -0.05) is 0 Å². The van der Waals surface area contributed by atoms with Gasteiger partial charge < -0.3 is 10.4 Å². The average Bonchev–Trinajstić information content (AvgIpc) is 2.29. The Morgan fingerprint density at radius 3 is 3.17 bits per heavy atom. The standard InChI is InChI=1S/C8H14N2O2/c1-5-2-8(12)9-7-3-6(11)4-10(5)7/h5-7,11H,2-4H2,1H3,(H,9,12). The highest BCUT2D eigenvalue weighted by molar-refractivity contribution is 5.77. The summed E-state index contributed by atoms with van der Waals surface area (Å²) in [4.78, 5) is 13.3. The fraction of sp³-hybridized carbons (Fsp3) is 0.875. The number of carbonyl (C=O) groups is 1. The number of amides is 1. The first-order chi connectivity index (χ1) is 5.66. The van der Waals surface area contributed by atoms with Gasteiger partial charge in [-0.2, -0.15) is 0 Å². The number of fused-ring (bicyclic) bond motifs is 1.